The summed E-state index contributed by atoms with van der Waals surface area (Å²) in [5, 5.41) is 28.6. The average molecular weight is 911 g/mol. The average Bonchev–Trinajstić information content (AvgIpc) is 4.21. The van der Waals surface area contributed by atoms with Gasteiger partial charge in [-0.2, -0.15) is 19.3 Å². The highest BCUT2D eigenvalue weighted by Crippen LogP contribution is 2.32. The van der Waals surface area contributed by atoms with Gasteiger partial charge in [0.1, 0.15) is 11.4 Å². The fourth-order valence-corrected chi connectivity index (χ4v) is 8.33. The van der Waals surface area contributed by atoms with Crippen molar-refractivity contribution in [3.63, 3.8) is 0 Å². The van der Waals surface area contributed by atoms with Crippen molar-refractivity contribution < 1.29 is 18.6 Å². The summed E-state index contributed by atoms with van der Waals surface area (Å²) in [6.45, 7) is 0.480. The van der Waals surface area contributed by atoms with Crippen LogP contribution in [0, 0.1) is 0 Å². The van der Waals surface area contributed by atoms with E-state index in [2.05, 4.69) is 25.4 Å². The number of halogens is 1. The summed E-state index contributed by atoms with van der Waals surface area (Å²) < 4.78 is 20.2. The zero-order chi connectivity index (χ0) is 45.4. The lowest BCUT2D eigenvalue weighted by Gasteiger charge is -2.10. The Bertz CT molecular complexity index is 3820. The van der Waals surface area contributed by atoms with E-state index in [-0.39, 0.29) is 13.5 Å². The minimum Gasteiger partial charge on any atom is -0.434 e. The molecule has 0 amide bonds. The van der Waals surface area contributed by atoms with E-state index >= 15 is 0 Å². The van der Waals surface area contributed by atoms with Crippen molar-refractivity contribution in [2.24, 2.45) is 0 Å². The maximum Gasteiger partial charge on any atom is 0.292 e. The van der Waals surface area contributed by atoms with Crippen LogP contribution in [-0.4, -0.2) is 59.7 Å². The molecular formula is C51H35ClN14O2+2. The molecule has 17 heteroatoms. The summed E-state index contributed by atoms with van der Waals surface area (Å²) in [6, 6.07) is 35.5. The van der Waals surface area contributed by atoms with Crippen molar-refractivity contribution in [2.45, 2.75) is 13.5 Å². The van der Waals surface area contributed by atoms with Gasteiger partial charge in [0.15, 0.2) is 53.7 Å². The molecule has 0 spiro atoms. The molecule has 3 aromatic carbocycles. The van der Waals surface area contributed by atoms with Crippen molar-refractivity contribution >= 4 is 43.9 Å². The van der Waals surface area contributed by atoms with Gasteiger partial charge in [0.05, 0.1) is 41.6 Å². The van der Waals surface area contributed by atoms with Gasteiger partial charge < -0.3 is 9.47 Å². The van der Waals surface area contributed by atoms with Crippen molar-refractivity contribution in [3.05, 3.63) is 195 Å². The smallest absolute Gasteiger partial charge is 0.292 e. The summed E-state index contributed by atoms with van der Waals surface area (Å²) >= 11 is 6.42. The van der Waals surface area contributed by atoms with Crippen molar-refractivity contribution in [3.8, 4) is 62.6 Å². The van der Waals surface area contributed by atoms with Gasteiger partial charge in [-0.15, -0.1) is 15.0 Å². The van der Waals surface area contributed by atoms with Gasteiger partial charge in [-0.1, -0.05) is 89.6 Å². The van der Waals surface area contributed by atoms with Crippen LogP contribution in [0.5, 0.6) is 11.5 Å². The fourth-order valence-electron chi connectivity index (χ4n) is 8.12. The Balaban J connectivity index is 0.743. The molecule has 0 saturated carbocycles. The number of benzene rings is 3. The van der Waals surface area contributed by atoms with E-state index in [1.54, 1.807) is 46.5 Å². The van der Waals surface area contributed by atoms with Crippen LogP contribution in [0.25, 0.3) is 83.4 Å². The first kappa shape index (κ1) is 40.2. The summed E-state index contributed by atoms with van der Waals surface area (Å²) in [5.74, 6) is 3.20. The number of nitrogens with zero attached hydrogens (tertiary/aromatic N) is 14. The molecule has 0 atom stereocenters. The minimum absolute atomic E-state index is 0.231. The number of ether oxygens (including phenoxy) is 2. The summed E-state index contributed by atoms with van der Waals surface area (Å²) in [6.07, 6.45) is 23.8. The third-order valence-corrected chi connectivity index (χ3v) is 11.7. The third kappa shape index (κ3) is 7.65. The van der Waals surface area contributed by atoms with Gasteiger partial charge >= 0.3 is 0 Å². The van der Waals surface area contributed by atoms with Gasteiger partial charge in [-0.25, -0.2) is 24.3 Å². The molecule has 0 saturated heterocycles. The molecule has 9 heterocycles. The van der Waals surface area contributed by atoms with Crippen LogP contribution < -0.4 is 18.6 Å². The van der Waals surface area contributed by atoms with Crippen LogP contribution in [-0.2, 0) is 13.5 Å². The Labute approximate surface area is 391 Å². The maximum absolute atomic E-state index is 6.42. The first-order valence-corrected chi connectivity index (χ1v) is 21.8. The second-order valence-electron chi connectivity index (χ2n) is 15.7. The molecule has 326 valence electrons. The summed E-state index contributed by atoms with van der Waals surface area (Å²) in [4.78, 5) is 19.9. The maximum atomic E-state index is 6.42. The number of pyridine rings is 6. The SMILES string of the molecule is Clc1cnc(-n2ncc(-c3ccc[n+](COc4cnc(-n5cc(-c6ccc[n+](COc7cnc(-n8cc(-c9cccnc9)nn8)c8ccccc78)c6)cn5)c5ccccc45)c3)n2)c2ccccc12. The van der Waals surface area contributed by atoms with Crippen LogP contribution >= 0.6 is 11.6 Å². The van der Waals surface area contributed by atoms with E-state index in [4.69, 9.17) is 41.2 Å². The molecule has 12 aromatic rings. The zero-order valence-corrected chi connectivity index (χ0v) is 36.5. The first-order chi connectivity index (χ1) is 33.6. The van der Waals surface area contributed by atoms with Crippen LogP contribution in [0.3, 0.4) is 0 Å². The monoisotopic (exact) mass is 910 g/mol. The van der Waals surface area contributed by atoms with E-state index < -0.39 is 0 Å². The van der Waals surface area contributed by atoms with Gasteiger partial charge in [0.2, 0.25) is 0 Å². The molecule has 0 aliphatic heterocycles. The van der Waals surface area contributed by atoms with Crippen LogP contribution in [0.2, 0.25) is 5.02 Å². The van der Waals surface area contributed by atoms with Gasteiger partial charge in [-0.05, 0) is 24.3 Å². The molecule has 0 fully saturated rings. The molecule has 16 nitrogen and oxygen atoms in total. The van der Waals surface area contributed by atoms with Crippen LogP contribution in [0.15, 0.2) is 190 Å². The fraction of sp³-hybridized carbons (Fsp3) is 0.0392. The molecule has 68 heavy (non-hydrogen) atoms. The number of aromatic nitrogens is 14. The van der Waals surface area contributed by atoms with Gasteiger partial charge in [0, 0.05) is 85.9 Å². The second-order valence-corrected chi connectivity index (χ2v) is 16.1. The largest absolute Gasteiger partial charge is 0.434 e. The highest BCUT2D eigenvalue weighted by Gasteiger charge is 2.18. The Kier molecular flexibility index (Phi) is 10.2. The van der Waals surface area contributed by atoms with Crippen molar-refractivity contribution in [1.82, 2.24) is 59.7 Å². The molecule has 12 rings (SSSR count). The third-order valence-electron chi connectivity index (χ3n) is 11.4. The quantitative estimate of drug-likeness (QED) is 0.109. The topological polar surface area (TPSA) is 157 Å². The summed E-state index contributed by atoms with van der Waals surface area (Å²) in [7, 11) is 0. The minimum atomic E-state index is 0.231. The lowest BCUT2D eigenvalue weighted by Crippen LogP contribution is -2.36. The Morgan fingerprint density at radius 3 is 1.78 bits per heavy atom. The predicted molar refractivity (Wildman–Crippen MR) is 253 cm³/mol. The van der Waals surface area contributed by atoms with Gasteiger partial charge in [0.25, 0.3) is 13.5 Å². The Morgan fingerprint density at radius 1 is 0.485 bits per heavy atom. The lowest BCUT2D eigenvalue weighted by atomic mass is 10.1. The highest BCUT2D eigenvalue weighted by molar-refractivity contribution is 6.35. The second kappa shape index (κ2) is 17.3. The van der Waals surface area contributed by atoms with Crippen LogP contribution in [0.4, 0.5) is 0 Å². The lowest BCUT2D eigenvalue weighted by molar-refractivity contribution is -0.724. The molecule has 0 bridgehead atoms. The van der Waals surface area contributed by atoms with E-state index in [1.165, 1.54) is 4.80 Å². The van der Waals surface area contributed by atoms with Crippen molar-refractivity contribution in [2.75, 3.05) is 0 Å². The predicted octanol–water partition coefficient (Wildman–Crippen LogP) is 8.38. The van der Waals surface area contributed by atoms with Gasteiger partial charge in [-0.3, -0.25) is 4.98 Å². The number of rotatable bonds is 12. The molecule has 0 unspecified atom stereocenters. The molecule has 0 radical (unpaired) electrons. The standard InChI is InChI=1S/C51H35ClN14O2/c52-44-24-54-51(41-16-4-1-13-38(41)44)66-58-25-45(60-66)36-12-9-21-63(29-36)33-68-47-26-55-49(42-17-5-2-14-39(42)47)64-30-37(23-57-64)35-11-8-20-62(28-35)32-67-48-27-56-50(43-18-6-3-15-40(43)48)65-31-46(59-61-65)34-10-7-19-53-22-34/h1-31H,32-33H2/q+2. The molecule has 0 N–H and O–H groups in total. The normalized spacial score (nSPS) is 11.4. The number of fused-ring (bicyclic) bond motifs is 3. The van der Waals surface area contributed by atoms with E-state index in [1.807, 2.05) is 162 Å². The Hall–Kier alpha value is -9.28. The Morgan fingerprint density at radius 2 is 1.09 bits per heavy atom. The molecule has 0 aliphatic rings. The zero-order valence-electron chi connectivity index (χ0n) is 35.8. The van der Waals surface area contributed by atoms with E-state index in [0.29, 0.717) is 45.4 Å². The van der Waals surface area contributed by atoms with Crippen molar-refractivity contribution in [1.29, 1.82) is 0 Å². The summed E-state index contributed by atoms with van der Waals surface area (Å²) in [5.41, 5.74) is 4.99. The van der Waals surface area contributed by atoms with E-state index in [9.17, 15) is 0 Å². The van der Waals surface area contributed by atoms with Crippen LogP contribution in [0.1, 0.15) is 0 Å². The molecule has 0 aliphatic carbocycles. The number of hydrogen-bond donors (Lipinski definition) is 0. The first-order valence-electron chi connectivity index (χ1n) is 21.4. The molecule has 9 aromatic heterocycles. The van der Waals surface area contributed by atoms with E-state index in [0.717, 1.165) is 54.6 Å². The molecular weight excluding hydrogens is 876 g/mol. The number of hydrogen-bond acceptors (Lipinski definition) is 11. The highest BCUT2D eigenvalue weighted by atomic mass is 35.5.